The summed E-state index contributed by atoms with van der Waals surface area (Å²) in [4.78, 5) is 26.5. The van der Waals surface area contributed by atoms with Crippen LogP contribution in [0, 0.1) is 5.92 Å². The molecule has 1 aromatic rings. The zero-order valence-corrected chi connectivity index (χ0v) is 12.9. The Morgan fingerprint density at radius 1 is 1.41 bits per heavy atom. The average Bonchev–Trinajstić information content (AvgIpc) is 2.60. The summed E-state index contributed by atoms with van der Waals surface area (Å²) in [6, 6.07) is 5.45. The molecule has 0 spiro atoms. The van der Waals surface area contributed by atoms with Gasteiger partial charge in [0.25, 0.3) is 0 Å². The lowest BCUT2D eigenvalue weighted by Gasteiger charge is -2.30. The summed E-state index contributed by atoms with van der Waals surface area (Å²) in [6.45, 7) is 4.62. The molecule has 0 radical (unpaired) electrons. The molecule has 0 bridgehead atoms. The first kappa shape index (κ1) is 15.0. The van der Waals surface area contributed by atoms with Crippen LogP contribution in [0.25, 0.3) is 0 Å². The van der Waals surface area contributed by atoms with Crippen molar-refractivity contribution in [2.24, 2.45) is 5.92 Å². The largest absolute Gasteiger partial charge is 0.490 e. The highest BCUT2D eigenvalue weighted by Crippen LogP contribution is 2.34. The van der Waals surface area contributed by atoms with Crippen LogP contribution in [0.15, 0.2) is 18.2 Å². The van der Waals surface area contributed by atoms with Crippen LogP contribution < -0.4 is 15.0 Å². The van der Waals surface area contributed by atoms with Crippen LogP contribution in [0.1, 0.15) is 36.5 Å². The van der Waals surface area contributed by atoms with Gasteiger partial charge in [0.15, 0.2) is 5.78 Å². The first-order chi connectivity index (χ1) is 10.7. The second-order valence-electron chi connectivity index (χ2n) is 5.84. The molecule has 118 valence electrons. The Bertz CT molecular complexity index is 579. The van der Waals surface area contributed by atoms with Crippen molar-refractivity contribution in [3.63, 3.8) is 0 Å². The molecule has 3 rings (SSSR count). The first-order valence-corrected chi connectivity index (χ1v) is 8.03. The van der Waals surface area contributed by atoms with Gasteiger partial charge in [-0.2, -0.15) is 0 Å². The Hall–Kier alpha value is -1.88. The number of carbonyl (C=O) groups excluding carboxylic acids is 2. The van der Waals surface area contributed by atoms with E-state index in [1.54, 1.807) is 4.90 Å². The van der Waals surface area contributed by atoms with Crippen LogP contribution in [0.4, 0.5) is 5.69 Å². The van der Waals surface area contributed by atoms with Crippen molar-refractivity contribution in [2.75, 3.05) is 31.1 Å². The van der Waals surface area contributed by atoms with Gasteiger partial charge in [0.2, 0.25) is 5.91 Å². The Kier molecular flexibility index (Phi) is 4.43. The Morgan fingerprint density at radius 2 is 2.27 bits per heavy atom. The number of anilines is 1. The number of piperidine rings is 1. The second-order valence-corrected chi connectivity index (χ2v) is 5.84. The molecule has 0 saturated carbocycles. The summed E-state index contributed by atoms with van der Waals surface area (Å²) in [5, 5.41) is 3.27. The van der Waals surface area contributed by atoms with E-state index in [0.717, 1.165) is 31.6 Å². The van der Waals surface area contributed by atoms with E-state index in [4.69, 9.17) is 4.74 Å². The van der Waals surface area contributed by atoms with Gasteiger partial charge in [-0.1, -0.05) is 6.92 Å². The van der Waals surface area contributed by atoms with Crippen LogP contribution in [0.3, 0.4) is 0 Å². The number of hydrogen-bond acceptors (Lipinski definition) is 4. The van der Waals surface area contributed by atoms with Gasteiger partial charge in [-0.3, -0.25) is 9.59 Å². The van der Waals surface area contributed by atoms with Crippen molar-refractivity contribution < 1.29 is 14.3 Å². The minimum Gasteiger partial charge on any atom is -0.490 e. The SMILES string of the molecule is CCC(=O)N1CCOc2ccc(C(=O)C3CCCNC3)cc21. The highest BCUT2D eigenvalue weighted by molar-refractivity contribution is 6.01. The minimum absolute atomic E-state index is 0.0339. The van der Waals surface area contributed by atoms with Gasteiger partial charge in [-0.25, -0.2) is 0 Å². The average molecular weight is 302 g/mol. The number of nitrogens with zero attached hydrogens (tertiary/aromatic N) is 1. The molecule has 1 N–H and O–H groups in total. The molecule has 1 aromatic carbocycles. The normalized spacial score (nSPS) is 21.0. The summed E-state index contributed by atoms with van der Waals surface area (Å²) in [6.07, 6.45) is 2.41. The van der Waals surface area contributed by atoms with Gasteiger partial charge >= 0.3 is 0 Å². The van der Waals surface area contributed by atoms with Crippen molar-refractivity contribution in [2.45, 2.75) is 26.2 Å². The number of amides is 1. The van der Waals surface area contributed by atoms with E-state index in [2.05, 4.69) is 5.32 Å². The number of nitrogens with one attached hydrogen (secondary N) is 1. The van der Waals surface area contributed by atoms with Crippen LogP contribution in [0.2, 0.25) is 0 Å². The lowest BCUT2D eigenvalue weighted by Crippen LogP contribution is -2.38. The number of benzene rings is 1. The van der Waals surface area contributed by atoms with E-state index >= 15 is 0 Å². The van der Waals surface area contributed by atoms with Crippen molar-refractivity contribution in [3.05, 3.63) is 23.8 Å². The fourth-order valence-corrected chi connectivity index (χ4v) is 3.13. The number of ether oxygens (including phenoxy) is 1. The summed E-state index contributed by atoms with van der Waals surface area (Å²) >= 11 is 0. The quantitative estimate of drug-likeness (QED) is 0.868. The molecule has 22 heavy (non-hydrogen) atoms. The third-order valence-corrected chi connectivity index (χ3v) is 4.38. The lowest BCUT2D eigenvalue weighted by atomic mass is 9.90. The minimum atomic E-state index is 0.0339. The van der Waals surface area contributed by atoms with Gasteiger partial charge in [0.1, 0.15) is 12.4 Å². The Labute approximate surface area is 130 Å². The highest BCUT2D eigenvalue weighted by Gasteiger charge is 2.26. The topological polar surface area (TPSA) is 58.6 Å². The molecule has 5 nitrogen and oxygen atoms in total. The van der Waals surface area contributed by atoms with E-state index in [-0.39, 0.29) is 17.6 Å². The van der Waals surface area contributed by atoms with E-state index < -0.39 is 0 Å². The monoisotopic (exact) mass is 302 g/mol. The second kappa shape index (κ2) is 6.48. The van der Waals surface area contributed by atoms with Crippen LogP contribution in [0.5, 0.6) is 5.75 Å². The molecule has 0 aliphatic carbocycles. The molecule has 1 saturated heterocycles. The predicted molar refractivity (Wildman–Crippen MR) is 84.5 cm³/mol. The van der Waals surface area contributed by atoms with Crippen molar-refractivity contribution in [3.8, 4) is 5.75 Å². The first-order valence-electron chi connectivity index (χ1n) is 8.03. The number of rotatable bonds is 3. The maximum atomic E-state index is 12.6. The van der Waals surface area contributed by atoms with Crippen molar-refractivity contribution in [1.82, 2.24) is 5.32 Å². The number of fused-ring (bicyclic) bond motifs is 1. The molecule has 1 amide bonds. The fraction of sp³-hybridized carbons (Fsp3) is 0.529. The molecule has 1 fully saturated rings. The number of Topliss-reactive ketones (excluding diaryl/α,β-unsaturated/α-hetero) is 1. The zero-order valence-electron chi connectivity index (χ0n) is 12.9. The van der Waals surface area contributed by atoms with Crippen LogP contribution in [-0.2, 0) is 4.79 Å². The van der Waals surface area contributed by atoms with Gasteiger partial charge < -0.3 is 15.0 Å². The van der Waals surface area contributed by atoms with E-state index in [0.29, 0.717) is 30.9 Å². The molecule has 1 atom stereocenters. The fourth-order valence-electron chi connectivity index (χ4n) is 3.13. The zero-order chi connectivity index (χ0) is 15.5. The summed E-state index contributed by atoms with van der Waals surface area (Å²) in [5.41, 5.74) is 1.40. The number of ketones is 1. The maximum Gasteiger partial charge on any atom is 0.226 e. The summed E-state index contributed by atoms with van der Waals surface area (Å²) < 4.78 is 5.61. The summed E-state index contributed by atoms with van der Waals surface area (Å²) in [7, 11) is 0. The van der Waals surface area contributed by atoms with E-state index in [1.165, 1.54) is 0 Å². The third kappa shape index (κ3) is 2.86. The van der Waals surface area contributed by atoms with Crippen molar-refractivity contribution in [1.29, 1.82) is 0 Å². The third-order valence-electron chi connectivity index (χ3n) is 4.38. The van der Waals surface area contributed by atoms with Crippen molar-refractivity contribution >= 4 is 17.4 Å². The summed E-state index contributed by atoms with van der Waals surface area (Å²) in [5.74, 6) is 0.941. The van der Waals surface area contributed by atoms with Gasteiger partial charge in [-0.05, 0) is 37.6 Å². The molecule has 2 heterocycles. The highest BCUT2D eigenvalue weighted by atomic mass is 16.5. The predicted octanol–water partition coefficient (Wildman–Crippen LogP) is 2.00. The molecular weight excluding hydrogens is 280 g/mol. The van der Waals surface area contributed by atoms with E-state index in [1.807, 2.05) is 25.1 Å². The molecule has 2 aliphatic rings. The molecule has 5 heteroatoms. The van der Waals surface area contributed by atoms with Gasteiger partial charge in [-0.15, -0.1) is 0 Å². The number of carbonyl (C=O) groups is 2. The lowest BCUT2D eigenvalue weighted by molar-refractivity contribution is -0.118. The standard InChI is InChI=1S/C17H22N2O3/c1-2-16(20)19-8-9-22-15-6-5-12(10-14(15)19)17(21)13-4-3-7-18-11-13/h5-6,10,13,18H,2-4,7-9,11H2,1H3. The smallest absolute Gasteiger partial charge is 0.226 e. The molecule has 2 aliphatic heterocycles. The Balaban J connectivity index is 1.88. The molecule has 1 unspecified atom stereocenters. The van der Waals surface area contributed by atoms with Crippen LogP contribution in [-0.4, -0.2) is 37.9 Å². The molecular formula is C17H22N2O3. The number of hydrogen-bond donors (Lipinski definition) is 1. The van der Waals surface area contributed by atoms with Crippen LogP contribution >= 0.6 is 0 Å². The Morgan fingerprint density at radius 3 is 3.00 bits per heavy atom. The van der Waals surface area contributed by atoms with Gasteiger partial charge in [0, 0.05) is 24.4 Å². The maximum absolute atomic E-state index is 12.6. The van der Waals surface area contributed by atoms with E-state index in [9.17, 15) is 9.59 Å². The van der Waals surface area contributed by atoms with Gasteiger partial charge in [0.05, 0.1) is 12.2 Å². The molecule has 0 aromatic heterocycles.